The van der Waals surface area contributed by atoms with E-state index in [0.29, 0.717) is 23.5 Å². The first-order valence-electron chi connectivity index (χ1n) is 9.37. The zero-order valence-electron chi connectivity index (χ0n) is 16.8. The van der Waals surface area contributed by atoms with E-state index in [0.717, 1.165) is 22.3 Å². The molecule has 1 aromatic heterocycles. The Morgan fingerprint density at radius 1 is 1.16 bits per heavy atom. The molecule has 3 aromatic rings. The van der Waals surface area contributed by atoms with Crippen LogP contribution in [-0.2, 0) is 11.3 Å². The van der Waals surface area contributed by atoms with Crippen LogP contribution in [-0.4, -0.2) is 36.9 Å². The van der Waals surface area contributed by atoms with E-state index in [2.05, 4.69) is 10.6 Å². The van der Waals surface area contributed by atoms with Crippen LogP contribution < -0.4 is 15.4 Å². The van der Waals surface area contributed by atoms with Gasteiger partial charge in [-0.15, -0.1) is 0 Å². The summed E-state index contributed by atoms with van der Waals surface area (Å²) in [7, 11) is 3.40. The summed E-state index contributed by atoms with van der Waals surface area (Å²) >= 11 is 0. The molecule has 0 saturated carbocycles. The number of rotatable bonds is 2. The van der Waals surface area contributed by atoms with Crippen molar-refractivity contribution in [3.05, 3.63) is 64.9 Å². The first-order valence-corrected chi connectivity index (χ1v) is 9.37. The van der Waals surface area contributed by atoms with E-state index >= 15 is 0 Å². The number of imide groups is 1. The van der Waals surface area contributed by atoms with Gasteiger partial charge in [0.15, 0.2) is 6.04 Å². The fraction of sp³-hybridized carbons (Fsp3) is 0.182. The minimum absolute atomic E-state index is 0.0777. The first-order chi connectivity index (χ1) is 14.9. The maximum absolute atomic E-state index is 11.5. The molecule has 1 unspecified atom stereocenters. The van der Waals surface area contributed by atoms with Crippen molar-refractivity contribution in [3.8, 4) is 11.8 Å². The standard InChI is InChI=1S/C12H7N3O3.C10H11NO2/c13-5-6-1-2-8-7(3-6)4-9(18-8)10-11(16)15-12(17)14-10;1-11-6-7-3-4-8(13-2)5-9(7)10(11)12/h1-4,10H,(H2,14,15,16,17);3-5H,6H2,1-2H3. The number of hydrogen-bond acceptors (Lipinski definition) is 6. The van der Waals surface area contributed by atoms with Crippen LogP contribution in [0.15, 0.2) is 46.9 Å². The molecule has 0 bridgehead atoms. The first kappa shape index (κ1) is 20.0. The Morgan fingerprint density at radius 2 is 1.97 bits per heavy atom. The Balaban J connectivity index is 0.000000158. The molecule has 1 saturated heterocycles. The number of nitriles is 1. The molecule has 9 nitrogen and oxygen atoms in total. The van der Waals surface area contributed by atoms with Crippen LogP contribution in [0.2, 0.25) is 0 Å². The zero-order valence-corrected chi connectivity index (χ0v) is 16.8. The Kier molecular flexibility index (Phi) is 5.05. The van der Waals surface area contributed by atoms with E-state index in [4.69, 9.17) is 14.4 Å². The van der Waals surface area contributed by atoms with Gasteiger partial charge in [-0.05, 0) is 42.0 Å². The van der Waals surface area contributed by atoms with Crippen molar-refractivity contribution in [1.29, 1.82) is 5.26 Å². The molecule has 0 aliphatic carbocycles. The normalized spacial score (nSPS) is 16.9. The van der Waals surface area contributed by atoms with E-state index in [1.807, 2.05) is 18.2 Å². The number of furan rings is 1. The summed E-state index contributed by atoms with van der Waals surface area (Å²) in [6, 6.07) is 12.9. The number of nitrogens with zero attached hydrogens (tertiary/aromatic N) is 2. The van der Waals surface area contributed by atoms with Gasteiger partial charge >= 0.3 is 6.03 Å². The van der Waals surface area contributed by atoms with Crippen molar-refractivity contribution < 1.29 is 23.5 Å². The maximum atomic E-state index is 11.5. The second-order valence-electron chi connectivity index (χ2n) is 7.09. The number of urea groups is 1. The molecule has 31 heavy (non-hydrogen) atoms. The average Bonchev–Trinajstić information content (AvgIpc) is 3.42. The molecule has 2 aromatic carbocycles. The monoisotopic (exact) mass is 418 g/mol. The Labute approximate surface area is 177 Å². The van der Waals surface area contributed by atoms with Crippen LogP contribution in [0.5, 0.6) is 5.75 Å². The van der Waals surface area contributed by atoms with Gasteiger partial charge < -0.3 is 19.4 Å². The van der Waals surface area contributed by atoms with Gasteiger partial charge in [-0.2, -0.15) is 5.26 Å². The lowest BCUT2D eigenvalue weighted by Crippen LogP contribution is -2.22. The fourth-order valence-electron chi connectivity index (χ4n) is 3.45. The second-order valence-corrected chi connectivity index (χ2v) is 7.09. The molecule has 3 heterocycles. The molecule has 1 fully saturated rings. The summed E-state index contributed by atoms with van der Waals surface area (Å²) in [5.41, 5.74) is 2.92. The van der Waals surface area contributed by atoms with Gasteiger partial charge in [0, 0.05) is 24.5 Å². The van der Waals surface area contributed by atoms with Crippen molar-refractivity contribution in [2.24, 2.45) is 0 Å². The van der Waals surface area contributed by atoms with Crippen molar-refractivity contribution in [3.63, 3.8) is 0 Å². The molecule has 2 aliphatic rings. The van der Waals surface area contributed by atoms with Crippen molar-refractivity contribution in [2.45, 2.75) is 12.6 Å². The van der Waals surface area contributed by atoms with E-state index in [1.54, 1.807) is 49.4 Å². The number of amides is 4. The second kappa shape index (κ2) is 7.84. The molecule has 0 spiro atoms. The van der Waals surface area contributed by atoms with Gasteiger partial charge in [-0.1, -0.05) is 6.07 Å². The number of methoxy groups -OCH3 is 1. The highest BCUT2D eigenvalue weighted by molar-refractivity contribution is 6.04. The third-order valence-electron chi connectivity index (χ3n) is 5.02. The van der Waals surface area contributed by atoms with Crippen LogP contribution in [0, 0.1) is 11.3 Å². The van der Waals surface area contributed by atoms with Gasteiger partial charge in [0.1, 0.15) is 17.1 Å². The number of ether oxygens (including phenoxy) is 1. The van der Waals surface area contributed by atoms with Gasteiger partial charge in [-0.3, -0.25) is 14.9 Å². The van der Waals surface area contributed by atoms with Crippen LogP contribution in [0.25, 0.3) is 11.0 Å². The van der Waals surface area contributed by atoms with Gasteiger partial charge in [0.05, 0.1) is 18.7 Å². The number of carbonyl (C=O) groups is 3. The SMILES string of the molecule is COc1ccc2c(c1)C(=O)N(C)C2.N#Cc1ccc2oc(C3NC(=O)NC3=O)cc2c1. The number of fused-ring (bicyclic) bond motifs is 2. The Hall–Kier alpha value is -4.32. The van der Waals surface area contributed by atoms with Crippen LogP contribution in [0.3, 0.4) is 0 Å². The van der Waals surface area contributed by atoms with Crippen LogP contribution in [0.4, 0.5) is 4.79 Å². The molecule has 156 valence electrons. The highest BCUT2D eigenvalue weighted by Gasteiger charge is 2.33. The molecule has 2 N–H and O–H groups in total. The third-order valence-corrected chi connectivity index (χ3v) is 5.02. The molecule has 9 heteroatoms. The quantitative estimate of drug-likeness (QED) is 0.616. The Bertz CT molecular complexity index is 1260. The number of benzene rings is 2. The lowest BCUT2D eigenvalue weighted by molar-refractivity contribution is -0.120. The third kappa shape index (κ3) is 3.79. The zero-order chi connectivity index (χ0) is 22.1. The molecular weight excluding hydrogens is 400 g/mol. The minimum Gasteiger partial charge on any atom is -0.497 e. The number of nitrogens with one attached hydrogen (secondary N) is 2. The summed E-state index contributed by atoms with van der Waals surface area (Å²) in [6.45, 7) is 0.707. The molecule has 5 rings (SSSR count). The molecule has 2 aliphatic heterocycles. The van der Waals surface area contributed by atoms with E-state index in [9.17, 15) is 14.4 Å². The summed E-state index contributed by atoms with van der Waals surface area (Å²) in [5, 5.41) is 14.1. The lowest BCUT2D eigenvalue weighted by atomic mass is 10.1. The smallest absolute Gasteiger partial charge is 0.322 e. The predicted molar refractivity (Wildman–Crippen MR) is 109 cm³/mol. The van der Waals surface area contributed by atoms with Crippen molar-refractivity contribution >= 4 is 28.8 Å². The summed E-state index contributed by atoms with van der Waals surface area (Å²) < 4.78 is 10.5. The highest BCUT2D eigenvalue weighted by Crippen LogP contribution is 2.27. The van der Waals surface area contributed by atoms with Gasteiger partial charge in [0.25, 0.3) is 11.8 Å². The lowest BCUT2D eigenvalue weighted by Gasteiger charge is -2.04. The van der Waals surface area contributed by atoms with E-state index in [1.165, 1.54) is 0 Å². The van der Waals surface area contributed by atoms with Crippen molar-refractivity contribution in [2.75, 3.05) is 14.2 Å². The molecular formula is C22H18N4O5. The minimum atomic E-state index is -0.810. The maximum Gasteiger partial charge on any atom is 0.322 e. The molecule has 0 radical (unpaired) electrons. The fourth-order valence-corrected chi connectivity index (χ4v) is 3.45. The number of hydrogen-bond donors (Lipinski definition) is 2. The molecule has 1 atom stereocenters. The van der Waals surface area contributed by atoms with Gasteiger partial charge in [-0.25, -0.2) is 4.79 Å². The summed E-state index contributed by atoms with van der Waals surface area (Å²) in [5.74, 6) is 0.722. The molecule has 4 amide bonds. The van der Waals surface area contributed by atoms with E-state index < -0.39 is 18.0 Å². The average molecular weight is 418 g/mol. The van der Waals surface area contributed by atoms with Crippen LogP contribution in [0.1, 0.15) is 33.3 Å². The highest BCUT2D eigenvalue weighted by atomic mass is 16.5. The van der Waals surface area contributed by atoms with Crippen LogP contribution >= 0.6 is 0 Å². The van der Waals surface area contributed by atoms with E-state index in [-0.39, 0.29) is 5.91 Å². The number of carbonyl (C=O) groups excluding carboxylic acids is 3. The Morgan fingerprint density at radius 3 is 2.65 bits per heavy atom. The summed E-state index contributed by atoms with van der Waals surface area (Å²) in [4.78, 5) is 35.7. The topological polar surface area (TPSA) is 125 Å². The van der Waals surface area contributed by atoms with Crippen molar-refractivity contribution in [1.82, 2.24) is 15.5 Å². The predicted octanol–water partition coefficient (Wildman–Crippen LogP) is 2.47. The largest absolute Gasteiger partial charge is 0.497 e. The van der Waals surface area contributed by atoms with Gasteiger partial charge in [0.2, 0.25) is 0 Å². The summed E-state index contributed by atoms with van der Waals surface area (Å²) in [6.07, 6.45) is 0.